The van der Waals surface area contributed by atoms with Crippen molar-refractivity contribution in [3.63, 3.8) is 0 Å². The Kier molecular flexibility index (Phi) is 33.0. The molecule has 4 heteroatoms. The summed E-state index contributed by atoms with van der Waals surface area (Å²) >= 11 is 0. The number of hydrogen-bond donors (Lipinski definition) is 0. The molecule has 0 aliphatic heterocycles. The summed E-state index contributed by atoms with van der Waals surface area (Å²) in [5, 5.41) is 0. The largest absolute Gasteiger partial charge is 0.465 e. The molecular weight excluding hydrogens is 568 g/mol. The fraction of sp³-hybridized carbons (Fsp3) is 0.952. The summed E-state index contributed by atoms with van der Waals surface area (Å²) in [7, 11) is 0. The van der Waals surface area contributed by atoms with Crippen molar-refractivity contribution in [2.24, 2.45) is 23.7 Å². The van der Waals surface area contributed by atoms with Crippen LogP contribution >= 0.6 is 0 Å². The highest BCUT2D eigenvalue weighted by atomic mass is 16.5. The minimum absolute atomic E-state index is 0.00635. The monoisotopic (exact) mass is 651 g/mol. The van der Waals surface area contributed by atoms with Crippen LogP contribution in [-0.2, 0) is 19.1 Å². The first-order valence-electron chi connectivity index (χ1n) is 20.8. The average molecular weight is 651 g/mol. The Labute approximate surface area is 288 Å². The zero-order valence-electron chi connectivity index (χ0n) is 32.2. The van der Waals surface area contributed by atoms with E-state index >= 15 is 0 Å². The van der Waals surface area contributed by atoms with Gasteiger partial charge in [0.25, 0.3) is 0 Å². The molecule has 0 heterocycles. The minimum Gasteiger partial charge on any atom is -0.465 e. The van der Waals surface area contributed by atoms with Crippen LogP contribution in [0.2, 0.25) is 0 Å². The van der Waals surface area contributed by atoms with Crippen molar-refractivity contribution in [1.29, 1.82) is 0 Å². The van der Waals surface area contributed by atoms with Gasteiger partial charge in [-0.15, -0.1) is 0 Å². The van der Waals surface area contributed by atoms with Gasteiger partial charge in [-0.25, -0.2) is 0 Å². The van der Waals surface area contributed by atoms with Crippen LogP contribution in [0.5, 0.6) is 0 Å². The fourth-order valence-corrected chi connectivity index (χ4v) is 7.03. The van der Waals surface area contributed by atoms with Crippen LogP contribution in [0.25, 0.3) is 0 Å². The van der Waals surface area contributed by atoms with Gasteiger partial charge in [0.1, 0.15) is 0 Å². The van der Waals surface area contributed by atoms with E-state index in [0.29, 0.717) is 19.1 Å². The molecule has 4 nitrogen and oxygen atoms in total. The fourth-order valence-electron chi connectivity index (χ4n) is 7.03. The molecule has 0 bridgehead atoms. The van der Waals surface area contributed by atoms with Gasteiger partial charge in [-0.3, -0.25) is 9.59 Å². The predicted octanol–water partition coefficient (Wildman–Crippen LogP) is 13.6. The second-order valence-electron chi connectivity index (χ2n) is 14.6. The number of unbranched alkanes of at least 4 members (excludes halogenated alkanes) is 16. The second kappa shape index (κ2) is 33.8. The molecule has 0 aromatic carbocycles. The van der Waals surface area contributed by atoms with Crippen LogP contribution in [0.1, 0.15) is 221 Å². The predicted molar refractivity (Wildman–Crippen MR) is 199 cm³/mol. The lowest BCUT2D eigenvalue weighted by atomic mass is 9.85. The highest BCUT2D eigenvalue weighted by molar-refractivity contribution is 5.73. The molecule has 0 rings (SSSR count). The van der Waals surface area contributed by atoms with E-state index in [1.165, 1.54) is 103 Å². The van der Waals surface area contributed by atoms with Gasteiger partial charge in [0.15, 0.2) is 0 Å². The van der Waals surface area contributed by atoms with Gasteiger partial charge in [0.2, 0.25) is 0 Å². The van der Waals surface area contributed by atoms with Crippen molar-refractivity contribution in [3.8, 4) is 0 Å². The van der Waals surface area contributed by atoms with Crippen LogP contribution in [0.15, 0.2) is 0 Å². The van der Waals surface area contributed by atoms with Crippen LogP contribution in [0.4, 0.5) is 0 Å². The van der Waals surface area contributed by atoms with Gasteiger partial charge < -0.3 is 9.47 Å². The normalized spacial score (nSPS) is 13.5. The number of rotatable bonds is 35. The van der Waals surface area contributed by atoms with E-state index in [0.717, 1.165) is 77.0 Å². The lowest BCUT2D eigenvalue weighted by molar-refractivity contribution is -0.156. The molecule has 0 aromatic rings. The Morgan fingerprint density at radius 3 is 0.935 bits per heavy atom. The highest BCUT2D eigenvalue weighted by Gasteiger charge is 2.28. The molecule has 0 aliphatic carbocycles. The molecule has 2 unspecified atom stereocenters. The summed E-state index contributed by atoms with van der Waals surface area (Å²) in [4.78, 5) is 27.0. The van der Waals surface area contributed by atoms with Gasteiger partial charge in [0, 0.05) is 5.92 Å². The second-order valence-corrected chi connectivity index (χ2v) is 14.6. The third kappa shape index (κ3) is 25.0. The quantitative estimate of drug-likeness (QED) is 0.0506. The molecule has 0 radical (unpaired) electrons. The van der Waals surface area contributed by atoms with Crippen LogP contribution in [-0.4, -0.2) is 25.2 Å². The molecule has 0 saturated carbocycles. The third-order valence-electron chi connectivity index (χ3n) is 10.2. The summed E-state index contributed by atoms with van der Waals surface area (Å²) in [5.41, 5.74) is 0. The molecule has 0 amide bonds. The number of carbonyl (C=O) groups excluding carboxylic acids is 2. The number of esters is 2. The van der Waals surface area contributed by atoms with Crippen molar-refractivity contribution < 1.29 is 19.1 Å². The Bertz CT molecular complexity index is 608. The summed E-state index contributed by atoms with van der Waals surface area (Å²) in [6.07, 6.45) is 32.6. The van der Waals surface area contributed by atoms with Crippen molar-refractivity contribution in [2.45, 2.75) is 221 Å². The molecule has 0 aliphatic rings. The van der Waals surface area contributed by atoms with Gasteiger partial charge in [0.05, 0.1) is 25.0 Å². The zero-order chi connectivity index (χ0) is 34.1. The molecule has 0 saturated heterocycles. The molecule has 274 valence electrons. The summed E-state index contributed by atoms with van der Waals surface area (Å²) < 4.78 is 12.3. The minimum atomic E-state index is -0.00926. The maximum Gasteiger partial charge on any atom is 0.308 e. The smallest absolute Gasteiger partial charge is 0.308 e. The van der Waals surface area contributed by atoms with E-state index in [1.54, 1.807) is 0 Å². The number of carbonyl (C=O) groups is 2. The summed E-state index contributed by atoms with van der Waals surface area (Å²) in [6, 6.07) is 0. The Morgan fingerprint density at radius 1 is 0.348 bits per heavy atom. The average Bonchev–Trinajstić information content (AvgIpc) is 3.05. The lowest BCUT2D eigenvalue weighted by Crippen LogP contribution is -2.31. The first-order chi connectivity index (χ1) is 22.5. The molecule has 0 fully saturated rings. The third-order valence-corrected chi connectivity index (χ3v) is 10.2. The molecule has 0 aromatic heterocycles. The first-order valence-corrected chi connectivity index (χ1v) is 20.8. The van der Waals surface area contributed by atoms with E-state index in [9.17, 15) is 9.59 Å². The van der Waals surface area contributed by atoms with E-state index < -0.39 is 0 Å². The first kappa shape index (κ1) is 44.9. The molecule has 0 spiro atoms. The lowest BCUT2D eigenvalue weighted by Gasteiger charge is -2.28. The highest BCUT2D eigenvalue weighted by Crippen LogP contribution is 2.27. The topological polar surface area (TPSA) is 52.6 Å². The summed E-state index contributed by atoms with van der Waals surface area (Å²) in [5.74, 6) is 0.491. The van der Waals surface area contributed by atoms with Crippen LogP contribution in [0.3, 0.4) is 0 Å². The summed E-state index contributed by atoms with van der Waals surface area (Å²) in [6.45, 7) is 14.2. The van der Waals surface area contributed by atoms with Gasteiger partial charge in [-0.05, 0) is 31.6 Å². The molecule has 2 atom stereocenters. The van der Waals surface area contributed by atoms with Gasteiger partial charge >= 0.3 is 11.9 Å². The van der Waals surface area contributed by atoms with E-state index in [1.807, 2.05) is 0 Å². The standard InChI is InChI=1S/C42H82O4/c1-7-13-17-21-23-27-33-38(31-25-19-15-9-3)41(43)45-35-40(37(29-11-5)30-12-6)36-46-42(44)39(32-26-20-16-10-4)34-28-24-22-18-14-8-2/h37-40H,7-36H2,1-6H3. The van der Waals surface area contributed by atoms with E-state index in [2.05, 4.69) is 41.5 Å². The number of hydrogen-bond acceptors (Lipinski definition) is 4. The Morgan fingerprint density at radius 2 is 0.630 bits per heavy atom. The molecule has 0 N–H and O–H groups in total. The Balaban J connectivity index is 5.36. The van der Waals surface area contributed by atoms with Crippen molar-refractivity contribution in [1.82, 2.24) is 0 Å². The van der Waals surface area contributed by atoms with Crippen LogP contribution < -0.4 is 0 Å². The van der Waals surface area contributed by atoms with Crippen molar-refractivity contribution >= 4 is 11.9 Å². The van der Waals surface area contributed by atoms with Gasteiger partial charge in [-0.1, -0.05) is 196 Å². The zero-order valence-corrected chi connectivity index (χ0v) is 32.2. The maximum absolute atomic E-state index is 13.5. The molecular formula is C42H82O4. The van der Waals surface area contributed by atoms with Gasteiger partial charge in [-0.2, -0.15) is 0 Å². The van der Waals surface area contributed by atoms with Crippen molar-refractivity contribution in [3.05, 3.63) is 0 Å². The SMILES string of the molecule is CCCCCCCCC(CCCCCC)C(=O)OCC(COC(=O)C(CCCCCC)CCCCCCCC)C(CCC)CCC. The van der Waals surface area contributed by atoms with E-state index in [-0.39, 0.29) is 29.7 Å². The van der Waals surface area contributed by atoms with E-state index in [4.69, 9.17) is 9.47 Å². The van der Waals surface area contributed by atoms with Crippen molar-refractivity contribution in [2.75, 3.05) is 13.2 Å². The van der Waals surface area contributed by atoms with Crippen LogP contribution in [0, 0.1) is 23.7 Å². The maximum atomic E-state index is 13.5. The molecule has 46 heavy (non-hydrogen) atoms. The Hall–Kier alpha value is -1.06. The number of ether oxygens (including phenoxy) is 2.